The summed E-state index contributed by atoms with van der Waals surface area (Å²) in [6, 6.07) is 6.22. The van der Waals surface area contributed by atoms with Crippen molar-refractivity contribution in [2.24, 2.45) is 5.73 Å². The van der Waals surface area contributed by atoms with Crippen LogP contribution in [-0.4, -0.2) is 12.0 Å². The summed E-state index contributed by atoms with van der Waals surface area (Å²) in [4.78, 5) is 13.2. The average molecular weight is 346 g/mol. The van der Waals surface area contributed by atoms with Crippen molar-refractivity contribution in [2.45, 2.75) is 70.8 Å². The van der Waals surface area contributed by atoms with Gasteiger partial charge in [0.1, 0.15) is 5.75 Å². The quantitative estimate of drug-likeness (QED) is 0.686. The summed E-state index contributed by atoms with van der Waals surface area (Å²) in [6.45, 7) is 2.18. The summed E-state index contributed by atoms with van der Waals surface area (Å²) in [5, 5.41) is 1.31. The first kappa shape index (κ1) is 17.3. The molecule has 1 aromatic heterocycles. The lowest BCUT2D eigenvalue weighted by atomic mass is 9.96. The maximum absolute atomic E-state index is 11.7. The van der Waals surface area contributed by atoms with Gasteiger partial charge in [0, 0.05) is 9.58 Å². The number of aryl methyl sites for hydroxylation is 2. The Kier molecular flexibility index (Phi) is 5.77. The third-order valence-corrected chi connectivity index (χ3v) is 6.11. The number of hydrogen-bond donors (Lipinski definition) is 1. The Balaban J connectivity index is 1.74. The fourth-order valence-corrected chi connectivity index (χ4v) is 4.77. The van der Waals surface area contributed by atoms with Gasteiger partial charge in [0.25, 0.3) is 5.91 Å². The van der Waals surface area contributed by atoms with Gasteiger partial charge in [-0.25, -0.2) is 0 Å². The lowest BCUT2D eigenvalue weighted by Gasteiger charge is -2.16. The number of unbranched alkanes of at least 4 members (excludes halogenated alkanes) is 3. The van der Waals surface area contributed by atoms with E-state index in [1.807, 2.05) is 17.4 Å². The summed E-state index contributed by atoms with van der Waals surface area (Å²) in [5.41, 5.74) is 7.03. The number of benzene rings is 1. The molecule has 0 saturated heterocycles. The van der Waals surface area contributed by atoms with Gasteiger partial charge in [-0.3, -0.25) is 4.79 Å². The van der Waals surface area contributed by atoms with Crippen LogP contribution >= 0.6 is 11.3 Å². The second-order valence-corrected chi connectivity index (χ2v) is 7.86. The van der Waals surface area contributed by atoms with E-state index in [9.17, 15) is 4.79 Å². The molecular weight excluding hydrogens is 318 g/mol. The van der Waals surface area contributed by atoms with Crippen LogP contribution < -0.4 is 10.5 Å². The zero-order chi connectivity index (χ0) is 16.9. The van der Waals surface area contributed by atoms with Crippen LogP contribution in [0.25, 0.3) is 10.1 Å². The molecular formula is C20H27NO2S. The molecule has 3 nitrogen and oxygen atoms in total. The fourth-order valence-electron chi connectivity index (χ4n) is 3.50. The first-order chi connectivity index (χ1) is 11.7. The van der Waals surface area contributed by atoms with Crippen LogP contribution in [0.4, 0.5) is 0 Å². The summed E-state index contributed by atoms with van der Waals surface area (Å²) in [5.74, 6) is 0.409. The van der Waals surface area contributed by atoms with Crippen molar-refractivity contribution < 1.29 is 9.53 Å². The SMILES string of the molecule is CCCCCCC(Oc1ccc2sc3c(c2c1)CCCC3)C(N)=O. The zero-order valence-corrected chi connectivity index (χ0v) is 15.3. The molecule has 1 aliphatic carbocycles. The van der Waals surface area contributed by atoms with Gasteiger partial charge in [-0.15, -0.1) is 11.3 Å². The summed E-state index contributed by atoms with van der Waals surface area (Å²) in [7, 11) is 0. The maximum Gasteiger partial charge on any atom is 0.258 e. The van der Waals surface area contributed by atoms with E-state index in [1.54, 1.807) is 0 Å². The smallest absolute Gasteiger partial charge is 0.258 e. The van der Waals surface area contributed by atoms with Crippen molar-refractivity contribution in [3.05, 3.63) is 28.6 Å². The Labute approximate surface area is 148 Å². The van der Waals surface area contributed by atoms with Gasteiger partial charge in [0.05, 0.1) is 0 Å². The molecule has 24 heavy (non-hydrogen) atoms. The van der Waals surface area contributed by atoms with Gasteiger partial charge in [0.2, 0.25) is 0 Å². The van der Waals surface area contributed by atoms with Crippen molar-refractivity contribution >= 4 is 27.3 Å². The zero-order valence-electron chi connectivity index (χ0n) is 14.5. The molecule has 0 spiro atoms. The van der Waals surface area contributed by atoms with Crippen molar-refractivity contribution in [3.63, 3.8) is 0 Å². The lowest BCUT2D eigenvalue weighted by Crippen LogP contribution is -2.33. The molecule has 130 valence electrons. The second kappa shape index (κ2) is 8.02. The van der Waals surface area contributed by atoms with Crippen molar-refractivity contribution in [1.82, 2.24) is 0 Å². The highest BCUT2D eigenvalue weighted by Gasteiger charge is 2.19. The molecule has 0 saturated carbocycles. The molecule has 1 atom stereocenters. The molecule has 0 fully saturated rings. The van der Waals surface area contributed by atoms with Crippen LogP contribution in [0.15, 0.2) is 18.2 Å². The molecule has 0 aliphatic heterocycles. The molecule has 1 amide bonds. The molecule has 0 bridgehead atoms. The topological polar surface area (TPSA) is 52.3 Å². The van der Waals surface area contributed by atoms with E-state index < -0.39 is 6.10 Å². The number of rotatable bonds is 8. The summed E-state index contributed by atoms with van der Waals surface area (Å²) >= 11 is 1.91. The van der Waals surface area contributed by atoms with Crippen LogP contribution in [0, 0.1) is 0 Å². The Morgan fingerprint density at radius 2 is 2.08 bits per heavy atom. The van der Waals surface area contributed by atoms with Crippen LogP contribution in [0.2, 0.25) is 0 Å². The predicted octanol–water partition coefficient (Wildman–Crippen LogP) is 4.98. The van der Waals surface area contributed by atoms with E-state index in [0.29, 0.717) is 6.42 Å². The van der Waals surface area contributed by atoms with Gasteiger partial charge >= 0.3 is 0 Å². The molecule has 0 radical (unpaired) electrons. The van der Waals surface area contributed by atoms with Gasteiger partial charge in [-0.1, -0.05) is 26.2 Å². The molecule has 1 aromatic carbocycles. The fraction of sp³-hybridized carbons (Fsp3) is 0.550. The van der Waals surface area contributed by atoms with E-state index in [2.05, 4.69) is 19.1 Å². The number of hydrogen-bond acceptors (Lipinski definition) is 3. The van der Waals surface area contributed by atoms with Crippen LogP contribution in [0.1, 0.15) is 62.3 Å². The van der Waals surface area contributed by atoms with E-state index in [-0.39, 0.29) is 5.91 Å². The number of thiophene rings is 1. The second-order valence-electron chi connectivity index (χ2n) is 6.73. The molecule has 2 aromatic rings. The van der Waals surface area contributed by atoms with Crippen molar-refractivity contribution in [1.29, 1.82) is 0 Å². The standard InChI is InChI=1S/C20H27NO2S/c1-2-3-4-5-9-17(20(21)22)23-14-11-12-19-16(13-14)15-8-6-7-10-18(15)24-19/h11-13,17H,2-10H2,1H3,(H2,21,22). The Morgan fingerprint density at radius 1 is 1.25 bits per heavy atom. The average Bonchev–Trinajstić information content (AvgIpc) is 2.95. The number of primary amides is 1. The predicted molar refractivity (Wildman–Crippen MR) is 101 cm³/mol. The summed E-state index contributed by atoms with van der Waals surface area (Å²) < 4.78 is 7.28. The number of fused-ring (bicyclic) bond motifs is 3. The molecule has 3 rings (SSSR count). The first-order valence-electron chi connectivity index (χ1n) is 9.19. The van der Waals surface area contributed by atoms with Crippen molar-refractivity contribution in [2.75, 3.05) is 0 Å². The van der Waals surface area contributed by atoms with Crippen LogP contribution in [0.3, 0.4) is 0 Å². The van der Waals surface area contributed by atoms with Gasteiger partial charge in [0.15, 0.2) is 6.10 Å². The summed E-state index contributed by atoms with van der Waals surface area (Å²) in [6.07, 6.45) is 9.60. The maximum atomic E-state index is 11.7. The molecule has 4 heteroatoms. The molecule has 1 aliphatic rings. The van der Waals surface area contributed by atoms with Gasteiger partial charge in [-0.05, 0) is 67.7 Å². The number of amides is 1. The Hall–Kier alpha value is -1.55. The van der Waals surface area contributed by atoms with E-state index >= 15 is 0 Å². The molecule has 2 N–H and O–H groups in total. The minimum atomic E-state index is -0.520. The van der Waals surface area contributed by atoms with Gasteiger partial charge < -0.3 is 10.5 Å². The van der Waals surface area contributed by atoms with E-state index in [4.69, 9.17) is 10.5 Å². The largest absolute Gasteiger partial charge is 0.481 e. The van der Waals surface area contributed by atoms with E-state index in [0.717, 1.165) is 25.0 Å². The lowest BCUT2D eigenvalue weighted by molar-refractivity contribution is -0.125. The highest BCUT2D eigenvalue weighted by molar-refractivity contribution is 7.19. The number of carbonyl (C=O) groups excluding carboxylic acids is 1. The minimum absolute atomic E-state index is 0.362. The molecule has 1 heterocycles. The monoisotopic (exact) mass is 345 g/mol. The number of nitrogens with two attached hydrogens (primary N) is 1. The molecule has 1 unspecified atom stereocenters. The Morgan fingerprint density at radius 3 is 2.88 bits per heavy atom. The van der Waals surface area contributed by atoms with Crippen LogP contribution in [0.5, 0.6) is 5.75 Å². The van der Waals surface area contributed by atoms with Gasteiger partial charge in [-0.2, -0.15) is 0 Å². The normalized spacial score (nSPS) is 15.2. The Bertz CT molecular complexity index is 707. The first-order valence-corrected chi connectivity index (χ1v) is 10.0. The van der Waals surface area contributed by atoms with Crippen molar-refractivity contribution in [3.8, 4) is 5.75 Å². The third kappa shape index (κ3) is 3.92. The van der Waals surface area contributed by atoms with Crippen LogP contribution in [-0.2, 0) is 17.6 Å². The van der Waals surface area contributed by atoms with E-state index in [1.165, 1.54) is 52.6 Å². The third-order valence-electron chi connectivity index (χ3n) is 4.84. The minimum Gasteiger partial charge on any atom is -0.481 e. The highest BCUT2D eigenvalue weighted by Crippen LogP contribution is 2.38. The number of carbonyl (C=O) groups is 1. The number of ether oxygens (including phenoxy) is 1. The highest BCUT2D eigenvalue weighted by atomic mass is 32.1.